The van der Waals surface area contributed by atoms with Gasteiger partial charge < -0.3 is 18.2 Å². The Balaban J connectivity index is 0. The van der Waals surface area contributed by atoms with Gasteiger partial charge >= 0.3 is 8.80 Å². The van der Waals surface area contributed by atoms with E-state index in [2.05, 4.69) is 25.9 Å². The fourth-order valence-corrected chi connectivity index (χ4v) is 6.31. The van der Waals surface area contributed by atoms with E-state index >= 15 is 0 Å². The molecule has 0 amide bonds. The van der Waals surface area contributed by atoms with Gasteiger partial charge in [0.2, 0.25) is 0 Å². The molecular formula is C26H58ClNO3Si. The average Bonchev–Trinajstić information content (AvgIpc) is 2.78. The number of hydrogen-bond donors (Lipinski definition) is 0. The summed E-state index contributed by atoms with van der Waals surface area (Å²) in [5, 5.41) is 0. The van der Waals surface area contributed by atoms with Gasteiger partial charge in [-0.25, -0.2) is 0 Å². The molecule has 196 valence electrons. The van der Waals surface area contributed by atoms with Crippen molar-refractivity contribution < 1.29 is 13.3 Å². The number of halogens is 1. The van der Waals surface area contributed by atoms with Crippen LogP contribution >= 0.6 is 12.4 Å². The first kappa shape index (κ1) is 34.5. The molecule has 0 aliphatic rings. The largest absolute Gasteiger partial charge is 0.500 e. The van der Waals surface area contributed by atoms with Crippen LogP contribution in [0.5, 0.6) is 0 Å². The molecule has 4 nitrogen and oxygen atoms in total. The highest BCUT2D eigenvalue weighted by atomic mass is 35.5. The minimum Gasteiger partial charge on any atom is -0.377 e. The number of hydrogen-bond acceptors (Lipinski definition) is 4. The summed E-state index contributed by atoms with van der Waals surface area (Å²) in [5.41, 5.74) is 0. The highest BCUT2D eigenvalue weighted by molar-refractivity contribution is 6.60. The lowest BCUT2D eigenvalue weighted by atomic mass is 9.99. The number of nitrogens with zero attached hydrogens (tertiary/aromatic N) is 1. The van der Waals surface area contributed by atoms with Crippen molar-refractivity contribution in [2.75, 3.05) is 35.4 Å². The maximum atomic E-state index is 5.49. The summed E-state index contributed by atoms with van der Waals surface area (Å²) in [7, 11) is 7.30. The molecule has 1 atom stereocenters. The van der Waals surface area contributed by atoms with Gasteiger partial charge in [0.05, 0.1) is 0 Å². The lowest BCUT2D eigenvalue weighted by Crippen LogP contribution is -2.42. The van der Waals surface area contributed by atoms with Crippen molar-refractivity contribution >= 4 is 21.2 Å². The van der Waals surface area contributed by atoms with Crippen LogP contribution in [0.3, 0.4) is 0 Å². The van der Waals surface area contributed by atoms with E-state index in [-0.39, 0.29) is 12.4 Å². The zero-order valence-electron chi connectivity index (χ0n) is 22.6. The molecule has 0 aliphatic carbocycles. The third-order valence-corrected chi connectivity index (χ3v) is 9.66. The van der Waals surface area contributed by atoms with E-state index in [1.165, 1.54) is 109 Å². The fourth-order valence-electron chi connectivity index (χ4n) is 4.51. The van der Waals surface area contributed by atoms with Crippen molar-refractivity contribution in [3.05, 3.63) is 0 Å². The predicted molar refractivity (Wildman–Crippen MR) is 145 cm³/mol. The molecule has 0 fully saturated rings. The second kappa shape index (κ2) is 24.5. The van der Waals surface area contributed by atoms with Crippen LogP contribution < -0.4 is 0 Å². The Hall–Kier alpha value is 0.347. The second-order valence-corrected chi connectivity index (χ2v) is 12.6. The normalized spacial score (nSPS) is 12.8. The smallest absolute Gasteiger partial charge is 0.377 e. The van der Waals surface area contributed by atoms with Gasteiger partial charge in [0, 0.05) is 33.4 Å². The molecular weight excluding hydrogens is 438 g/mol. The standard InChI is InChI=1S/C26H57NO3Si.ClH/c1-7-8-9-10-14-17-20-23-26(27(2)3)24-21-18-15-12-11-13-16-19-22-25-31(28-4,29-5)30-6;/h26H,7-25H2,1-6H3;1H. The molecule has 1 unspecified atom stereocenters. The molecule has 32 heavy (non-hydrogen) atoms. The highest BCUT2D eigenvalue weighted by Crippen LogP contribution is 2.20. The predicted octanol–water partition coefficient (Wildman–Crippen LogP) is 8.26. The number of rotatable bonds is 24. The van der Waals surface area contributed by atoms with Crippen LogP contribution in [-0.2, 0) is 13.3 Å². The minimum absolute atomic E-state index is 0. The summed E-state index contributed by atoms with van der Waals surface area (Å²) in [4.78, 5) is 2.46. The Bertz CT molecular complexity index is 363. The van der Waals surface area contributed by atoms with Crippen LogP contribution in [0.4, 0.5) is 0 Å². The van der Waals surface area contributed by atoms with Crippen LogP contribution in [-0.4, -0.2) is 55.2 Å². The summed E-state index contributed by atoms with van der Waals surface area (Å²) in [6.45, 7) is 2.30. The Morgan fingerprint density at radius 1 is 0.562 bits per heavy atom. The van der Waals surface area contributed by atoms with E-state index < -0.39 is 8.80 Å². The van der Waals surface area contributed by atoms with Gasteiger partial charge in [-0.2, -0.15) is 0 Å². The summed E-state index contributed by atoms with van der Waals surface area (Å²) in [6, 6.07) is 1.72. The molecule has 0 saturated carbocycles. The van der Waals surface area contributed by atoms with Crippen molar-refractivity contribution in [2.45, 2.75) is 135 Å². The molecule has 0 spiro atoms. The quantitative estimate of drug-likeness (QED) is 0.0995. The van der Waals surface area contributed by atoms with Gasteiger partial charge in [-0.1, -0.05) is 103 Å². The third-order valence-electron chi connectivity index (χ3n) is 6.82. The average molecular weight is 496 g/mol. The Labute approximate surface area is 209 Å². The Morgan fingerprint density at radius 2 is 0.906 bits per heavy atom. The van der Waals surface area contributed by atoms with E-state index in [0.29, 0.717) is 0 Å². The molecule has 0 aliphatic heterocycles. The molecule has 0 saturated heterocycles. The van der Waals surface area contributed by atoms with Gasteiger partial charge in [-0.3, -0.25) is 0 Å². The Kier molecular flexibility index (Phi) is 26.4. The summed E-state index contributed by atoms with van der Waals surface area (Å²) in [5.74, 6) is 0. The zero-order valence-corrected chi connectivity index (χ0v) is 24.4. The van der Waals surface area contributed by atoms with Gasteiger partial charge in [0.25, 0.3) is 0 Å². The lowest BCUT2D eigenvalue weighted by molar-refractivity contribution is 0.122. The monoisotopic (exact) mass is 495 g/mol. The molecule has 0 rings (SSSR count). The zero-order chi connectivity index (χ0) is 23.2. The SMILES string of the molecule is CCCCCCCCCC(CCCCCCCCCCC[Si](OC)(OC)OC)N(C)C.Cl. The maximum Gasteiger partial charge on any atom is 0.500 e. The molecule has 0 aromatic rings. The topological polar surface area (TPSA) is 30.9 Å². The van der Waals surface area contributed by atoms with Crippen LogP contribution in [0, 0.1) is 0 Å². The van der Waals surface area contributed by atoms with Crippen LogP contribution in [0.1, 0.15) is 122 Å². The van der Waals surface area contributed by atoms with E-state index in [4.69, 9.17) is 13.3 Å². The highest BCUT2D eigenvalue weighted by Gasteiger charge is 2.36. The summed E-state index contributed by atoms with van der Waals surface area (Å²) < 4.78 is 16.5. The van der Waals surface area contributed by atoms with Crippen LogP contribution in [0.25, 0.3) is 0 Å². The van der Waals surface area contributed by atoms with Crippen LogP contribution in [0.15, 0.2) is 0 Å². The first-order chi connectivity index (χ1) is 15.0. The summed E-state index contributed by atoms with van der Waals surface area (Å²) >= 11 is 0. The molecule has 0 aromatic carbocycles. The lowest BCUT2D eigenvalue weighted by Gasteiger charge is -2.24. The van der Waals surface area contributed by atoms with Crippen molar-refractivity contribution in [3.63, 3.8) is 0 Å². The van der Waals surface area contributed by atoms with Gasteiger partial charge in [0.1, 0.15) is 0 Å². The van der Waals surface area contributed by atoms with Crippen molar-refractivity contribution in [1.82, 2.24) is 4.90 Å². The van der Waals surface area contributed by atoms with Crippen molar-refractivity contribution in [3.8, 4) is 0 Å². The van der Waals surface area contributed by atoms with E-state index in [9.17, 15) is 0 Å². The van der Waals surface area contributed by atoms with Gasteiger partial charge in [-0.15, -0.1) is 12.4 Å². The number of unbranched alkanes of at least 4 members (excludes halogenated alkanes) is 14. The van der Waals surface area contributed by atoms with E-state index in [1.54, 1.807) is 21.3 Å². The first-order valence-electron chi connectivity index (χ1n) is 13.4. The van der Waals surface area contributed by atoms with E-state index in [1.807, 2.05) is 0 Å². The third kappa shape index (κ3) is 18.7. The van der Waals surface area contributed by atoms with E-state index in [0.717, 1.165) is 18.5 Å². The first-order valence-corrected chi connectivity index (χ1v) is 15.3. The second-order valence-electron chi connectivity index (χ2n) is 9.54. The molecule has 0 radical (unpaired) electrons. The Morgan fingerprint density at radius 3 is 1.25 bits per heavy atom. The molecule has 0 aromatic heterocycles. The molecule has 0 heterocycles. The molecule has 6 heteroatoms. The van der Waals surface area contributed by atoms with Gasteiger partial charge in [-0.05, 0) is 33.4 Å². The minimum atomic E-state index is -2.35. The van der Waals surface area contributed by atoms with Crippen molar-refractivity contribution in [2.24, 2.45) is 0 Å². The maximum absolute atomic E-state index is 5.49. The molecule has 0 N–H and O–H groups in total. The van der Waals surface area contributed by atoms with Gasteiger partial charge in [0.15, 0.2) is 0 Å². The van der Waals surface area contributed by atoms with Crippen LogP contribution in [0.2, 0.25) is 6.04 Å². The fraction of sp³-hybridized carbons (Fsp3) is 1.00. The molecule has 0 bridgehead atoms. The summed E-state index contributed by atoms with van der Waals surface area (Å²) in [6.07, 6.45) is 24.8. The van der Waals surface area contributed by atoms with Crippen molar-refractivity contribution in [1.29, 1.82) is 0 Å².